The maximum absolute atomic E-state index is 12.2. The molecule has 0 N–H and O–H groups in total. The molecule has 1 heterocycles. The van der Waals surface area contributed by atoms with Crippen LogP contribution in [0.15, 0.2) is 18.2 Å². The third-order valence-corrected chi connectivity index (χ3v) is 3.16. The van der Waals surface area contributed by atoms with Crippen molar-refractivity contribution in [3.63, 3.8) is 0 Å². The summed E-state index contributed by atoms with van der Waals surface area (Å²) in [5, 5.41) is 10.9. The summed E-state index contributed by atoms with van der Waals surface area (Å²) in [6, 6.07) is 3.92. The number of esters is 1. The number of fused-ring (bicyclic) bond motifs is 1. The Kier molecular flexibility index (Phi) is 3.97. The lowest BCUT2D eigenvalue weighted by Crippen LogP contribution is -2.31. The van der Waals surface area contributed by atoms with Crippen LogP contribution < -0.4 is 0 Å². The average Bonchev–Trinajstić information content (AvgIpc) is 2.71. The van der Waals surface area contributed by atoms with E-state index in [-0.39, 0.29) is 36.2 Å². The molecule has 0 aromatic heterocycles. The Hall–Kier alpha value is -2.77. The van der Waals surface area contributed by atoms with Gasteiger partial charge in [0.05, 0.1) is 17.6 Å². The lowest BCUT2D eigenvalue weighted by atomic mass is 10.1. The topological polar surface area (TPSA) is 107 Å². The predicted octanol–water partition coefficient (Wildman–Crippen LogP) is 1.14. The van der Waals surface area contributed by atoms with E-state index in [1.165, 1.54) is 25.3 Å². The Morgan fingerprint density at radius 3 is 2.67 bits per heavy atom. The molecule has 1 aliphatic rings. The number of hydrogen-bond donors (Lipinski definition) is 0. The summed E-state index contributed by atoms with van der Waals surface area (Å²) < 4.78 is 4.46. The van der Waals surface area contributed by atoms with Gasteiger partial charge in [0.25, 0.3) is 17.5 Å². The van der Waals surface area contributed by atoms with Gasteiger partial charge in [0.2, 0.25) is 0 Å². The summed E-state index contributed by atoms with van der Waals surface area (Å²) in [5.74, 6) is -1.73. The first-order chi connectivity index (χ1) is 9.97. The fourth-order valence-corrected chi connectivity index (χ4v) is 2.15. The van der Waals surface area contributed by atoms with Gasteiger partial charge in [0.1, 0.15) is 5.56 Å². The molecule has 0 aliphatic carbocycles. The molecule has 0 saturated heterocycles. The number of benzene rings is 1. The number of nitro groups is 1. The molecular weight excluding hydrogens is 280 g/mol. The highest BCUT2D eigenvalue weighted by molar-refractivity contribution is 6.23. The number of carbonyl (C=O) groups is 3. The fourth-order valence-electron chi connectivity index (χ4n) is 2.15. The second kappa shape index (κ2) is 5.70. The smallest absolute Gasteiger partial charge is 0.305 e. The van der Waals surface area contributed by atoms with E-state index in [4.69, 9.17) is 0 Å². The molecule has 1 aromatic rings. The molecule has 0 saturated carbocycles. The van der Waals surface area contributed by atoms with Crippen LogP contribution in [0.1, 0.15) is 33.6 Å². The van der Waals surface area contributed by atoms with Crippen LogP contribution >= 0.6 is 0 Å². The quantitative estimate of drug-likeness (QED) is 0.348. The van der Waals surface area contributed by atoms with Crippen LogP contribution in [0.2, 0.25) is 0 Å². The monoisotopic (exact) mass is 292 g/mol. The van der Waals surface area contributed by atoms with Gasteiger partial charge in [-0.15, -0.1) is 0 Å². The van der Waals surface area contributed by atoms with Crippen molar-refractivity contribution in [1.29, 1.82) is 0 Å². The third-order valence-electron chi connectivity index (χ3n) is 3.16. The molecule has 8 nitrogen and oxygen atoms in total. The number of nitro benzene ring substituents is 1. The number of ether oxygens (including phenoxy) is 1. The number of nitrogens with zero attached hydrogens (tertiary/aromatic N) is 2. The van der Waals surface area contributed by atoms with Gasteiger partial charge < -0.3 is 4.74 Å². The molecule has 0 atom stereocenters. The van der Waals surface area contributed by atoms with E-state index in [1.807, 2.05) is 0 Å². The van der Waals surface area contributed by atoms with Gasteiger partial charge in [-0.2, -0.15) is 0 Å². The van der Waals surface area contributed by atoms with Gasteiger partial charge in [-0.1, -0.05) is 6.07 Å². The minimum Gasteiger partial charge on any atom is -0.469 e. The lowest BCUT2D eigenvalue weighted by molar-refractivity contribution is -0.385. The molecule has 2 amide bonds. The maximum atomic E-state index is 12.2. The standard InChI is InChI=1S/C13H12N2O6/c1-21-10(16)6-3-7-14-12(17)8-4-2-5-9(15(19)20)11(8)13(14)18/h2,4-5H,3,6-7H2,1H3. The van der Waals surface area contributed by atoms with Gasteiger partial charge in [-0.25, -0.2) is 0 Å². The van der Waals surface area contributed by atoms with Gasteiger partial charge in [-0.3, -0.25) is 29.4 Å². The average molecular weight is 292 g/mol. The first-order valence-corrected chi connectivity index (χ1v) is 6.17. The molecule has 1 aliphatic heterocycles. The molecule has 8 heteroatoms. The summed E-state index contributed by atoms with van der Waals surface area (Å²) in [7, 11) is 1.24. The molecule has 0 bridgehead atoms. The third kappa shape index (κ3) is 2.60. The first-order valence-electron chi connectivity index (χ1n) is 6.17. The highest BCUT2D eigenvalue weighted by Gasteiger charge is 2.40. The number of methoxy groups -OCH3 is 1. The minimum absolute atomic E-state index is 0.0125. The second-order valence-corrected chi connectivity index (χ2v) is 4.40. The van der Waals surface area contributed by atoms with E-state index in [1.54, 1.807) is 0 Å². The Morgan fingerprint density at radius 2 is 2.05 bits per heavy atom. The van der Waals surface area contributed by atoms with E-state index in [9.17, 15) is 24.5 Å². The molecule has 0 spiro atoms. The second-order valence-electron chi connectivity index (χ2n) is 4.40. The molecule has 2 rings (SSSR count). The number of carbonyl (C=O) groups excluding carboxylic acids is 3. The van der Waals surface area contributed by atoms with Gasteiger partial charge >= 0.3 is 5.97 Å². The van der Waals surface area contributed by atoms with Crippen LogP contribution in [-0.4, -0.2) is 41.3 Å². The fraction of sp³-hybridized carbons (Fsp3) is 0.308. The zero-order chi connectivity index (χ0) is 15.6. The SMILES string of the molecule is COC(=O)CCCN1C(=O)c2cccc([N+](=O)[O-])c2C1=O. The number of imide groups is 1. The molecule has 0 radical (unpaired) electrons. The van der Waals surface area contributed by atoms with Crippen molar-refractivity contribution >= 4 is 23.5 Å². The molecular formula is C13H12N2O6. The summed E-state index contributed by atoms with van der Waals surface area (Å²) >= 11 is 0. The van der Waals surface area contributed by atoms with E-state index in [2.05, 4.69) is 4.74 Å². The summed E-state index contributed by atoms with van der Waals surface area (Å²) in [4.78, 5) is 46.4. The highest BCUT2D eigenvalue weighted by atomic mass is 16.6. The number of amides is 2. The van der Waals surface area contributed by atoms with E-state index in [0.29, 0.717) is 0 Å². The van der Waals surface area contributed by atoms with Gasteiger partial charge in [0.15, 0.2) is 0 Å². The van der Waals surface area contributed by atoms with Crippen molar-refractivity contribution < 1.29 is 24.0 Å². The van der Waals surface area contributed by atoms with Gasteiger partial charge in [0, 0.05) is 19.0 Å². The van der Waals surface area contributed by atoms with Crippen molar-refractivity contribution in [3.8, 4) is 0 Å². The molecule has 0 unspecified atom stereocenters. The normalized spacial score (nSPS) is 13.3. The van der Waals surface area contributed by atoms with Crippen molar-refractivity contribution in [2.45, 2.75) is 12.8 Å². The largest absolute Gasteiger partial charge is 0.469 e. The van der Waals surface area contributed by atoms with Crippen LogP contribution in [-0.2, 0) is 9.53 Å². The summed E-state index contributed by atoms with van der Waals surface area (Å²) in [6.07, 6.45) is 0.304. The summed E-state index contributed by atoms with van der Waals surface area (Å²) in [5.41, 5.74) is -0.556. The predicted molar refractivity (Wildman–Crippen MR) is 69.7 cm³/mol. The Bertz CT molecular complexity index is 640. The van der Waals surface area contributed by atoms with Crippen LogP contribution in [0.25, 0.3) is 0 Å². The van der Waals surface area contributed by atoms with E-state index < -0.39 is 22.7 Å². The van der Waals surface area contributed by atoms with Crippen LogP contribution in [0.3, 0.4) is 0 Å². The van der Waals surface area contributed by atoms with Crippen molar-refractivity contribution in [2.24, 2.45) is 0 Å². The Balaban J connectivity index is 2.20. The Morgan fingerprint density at radius 1 is 1.33 bits per heavy atom. The maximum Gasteiger partial charge on any atom is 0.305 e. The molecule has 21 heavy (non-hydrogen) atoms. The molecule has 110 valence electrons. The van der Waals surface area contributed by atoms with E-state index >= 15 is 0 Å². The highest BCUT2D eigenvalue weighted by Crippen LogP contribution is 2.30. The lowest BCUT2D eigenvalue weighted by Gasteiger charge is -2.12. The summed E-state index contributed by atoms with van der Waals surface area (Å²) in [6.45, 7) is 0.0125. The van der Waals surface area contributed by atoms with Crippen molar-refractivity contribution in [2.75, 3.05) is 13.7 Å². The van der Waals surface area contributed by atoms with Crippen LogP contribution in [0.5, 0.6) is 0 Å². The minimum atomic E-state index is -0.702. The van der Waals surface area contributed by atoms with Crippen LogP contribution in [0, 0.1) is 10.1 Å². The van der Waals surface area contributed by atoms with Crippen molar-refractivity contribution in [1.82, 2.24) is 4.90 Å². The zero-order valence-electron chi connectivity index (χ0n) is 11.2. The Labute approximate surface area is 119 Å². The number of rotatable bonds is 5. The molecule has 1 aromatic carbocycles. The van der Waals surface area contributed by atoms with Gasteiger partial charge in [-0.05, 0) is 12.5 Å². The van der Waals surface area contributed by atoms with Crippen LogP contribution in [0.4, 0.5) is 5.69 Å². The van der Waals surface area contributed by atoms with E-state index in [0.717, 1.165) is 4.90 Å². The number of hydrogen-bond acceptors (Lipinski definition) is 6. The first kappa shape index (κ1) is 14.6. The van der Waals surface area contributed by atoms with Crippen molar-refractivity contribution in [3.05, 3.63) is 39.4 Å². The molecule has 0 fully saturated rings. The zero-order valence-corrected chi connectivity index (χ0v) is 11.2.